The van der Waals surface area contributed by atoms with E-state index in [4.69, 9.17) is 14.5 Å². The van der Waals surface area contributed by atoms with E-state index in [2.05, 4.69) is 17.0 Å². The molecule has 1 aromatic carbocycles. The van der Waals surface area contributed by atoms with Crippen molar-refractivity contribution < 1.29 is 22.7 Å². The van der Waals surface area contributed by atoms with Gasteiger partial charge in [0.2, 0.25) is 0 Å². The highest BCUT2D eigenvalue weighted by molar-refractivity contribution is 7.91. The molecule has 9 nitrogen and oxygen atoms in total. The Bertz CT molecular complexity index is 1350. The second-order valence-electron chi connectivity index (χ2n) is 7.91. The maximum absolute atomic E-state index is 13.0. The van der Waals surface area contributed by atoms with E-state index in [-0.39, 0.29) is 23.5 Å². The van der Waals surface area contributed by atoms with Gasteiger partial charge in [0, 0.05) is 12.1 Å². The van der Waals surface area contributed by atoms with Crippen LogP contribution < -0.4 is 14.8 Å². The van der Waals surface area contributed by atoms with Gasteiger partial charge in [-0.3, -0.25) is 4.79 Å². The molecule has 174 valence electrons. The molecule has 1 fully saturated rings. The van der Waals surface area contributed by atoms with Gasteiger partial charge in [-0.2, -0.15) is 5.10 Å². The van der Waals surface area contributed by atoms with Crippen LogP contribution in [-0.4, -0.2) is 61.4 Å². The zero-order valence-corrected chi connectivity index (χ0v) is 19.6. The van der Waals surface area contributed by atoms with E-state index in [1.807, 2.05) is 6.07 Å². The monoisotopic (exact) mass is 470 g/mol. The van der Waals surface area contributed by atoms with Crippen LogP contribution in [0, 0.1) is 6.92 Å². The van der Waals surface area contributed by atoms with Crippen molar-refractivity contribution in [2.75, 3.05) is 32.3 Å². The largest absolute Gasteiger partial charge is 0.493 e. The van der Waals surface area contributed by atoms with Gasteiger partial charge >= 0.3 is 0 Å². The van der Waals surface area contributed by atoms with Crippen molar-refractivity contribution in [3.8, 4) is 22.8 Å². The Morgan fingerprint density at radius 1 is 1.27 bits per heavy atom. The fraction of sp³-hybridized carbons (Fsp3) is 0.348. The molecular formula is C23H26N4O5S. The fourth-order valence-corrected chi connectivity index (χ4v) is 5.81. The lowest BCUT2D eigenvalue weighted by atomic mass is 10.0. The molecule has 1 N–H and O–H groups in total. The number of hydrogen-bond donors (Lipinski definition) is 1. The Morgan fingerprint density at radius 3 is 2.67 bits per heavy atom. The molecular weight excluding hydrogens is 444 g/mol. The SMILES string of the molecule is C=CCNC(=O)c1cc(-c2ccc(OC)c(OC)c2)nc2c1c(C)nn2C1CCS(=O)(=O)C1. The van der Waals surface area contributed by atoms with E-state index >= 15 is 0 Å². The molecule has 10 heteroatoms. The molecule has 1 aliphatic heterocycles. The highest BCUT2D eigenvalue weighted by Gasteiger charge is 2.32. The number of aryl methyl sites for hydroxylation is 1. The van der Waals surface area contributed by atoms with E-state index in [1.54, 1.807) is 50.1 Å². The number of amides is 1. The molecule has 0 radical (unpaired) electrons. The number of pyridine rings is 1. The molecule has 1 unspecified atom stereocenters. The van der Waals surface area contributed by atoms with E-state index in [0.29, 0.717) is 52.4 Å². The normalized spacial score (nSPS) is 17.1. The van der Waals surface area contributed by atoms with Crippen LogP contribution in [0.15, 0.2) is 36.9 Å². The van der Waals surface area contributed by atoms with Gasteiger partial charge < -0.3 is 14.8 Å². The van der Waals surface area contributed by atoms with Crippen LogP contribution in [0.2, 0.25) is 0 Å². The first-order valence-electron chi connectivity index (χ1n) is 10.5. The summed E-state index contributed by atoms with van der Waals surface area (Å²) < 4.78 is 36.6. The van der Waals surface area contributed by atoms with E-state index in [9.17, 15) is 13.2 Å². The lowest BCUT2D eigenvalue weighted by Crippen LogP contribution is -2.23. The Kier molecular flexibility index (Phi) is 6.11. The molecule has 4 rings (SSSR count). The van der Waals surface area contributed by atoms with E-state index in [1.165, 1.54) is 0 Å². The molecule has 3 aromatic rings. The standard InChI is InChI=1S/C23H26N4O5S/c1-5-9-24-23(28)17-12-18(15-6-7-19(31-3)20(11-15)32-4)25-22-21(17)14(2)26-27(22)16-8-10-33(29,30)13-16/h5-7,11-12,16H,1,8-10,13H2,2-4H3,(H,24,28). The minimum absolute atomic E-state index is 0.00345. The fourth-order valence-electron chi connectivity index (χ4n) is 4.12. The van der Waals surface area contributed by atoms with Crippen molar-refractivity contribution in [1.29, 1.82) is 0 Å². The van der Waals surface area contributed by atoms with Crippen LogP contribution in [-0.2, 0) is 9.84 Å². The molecule has 0 bridgehead atoms. The maximum atomic E-state index is 13.0. The van der Waals surface area contributed by atoms with E-state index in [0.717, 1.165) is 5.56 Å². The summed E-state index contributed by atoms with van der Waals surface area (Å²) in [6.45, 7) is 5.75. The predicted octanol–water partition coefficient (Wildman–Crippen LogP) is 2.70. The summed E-state index contributed by atoms with van der Waals surface area (Å²) in [6, 6.07) is 6.76. The first-order valence-corrected chi connectivity index (χ1v) is 12.3. The van der Waals surface area contributed by atoms with Crippen molar-refractivity contribution in [1.82, 2.24) is 20.1 Å². The number of methoxy groups -OCH3 is 2. The third-order valence-electron chi connectivity index (χ3n) is 5.72. The average molecular weight is 471 g/mol. The van der Waals surface area contributed by atoms with Crippen LogP contribution in [0.5, 0.6) is 11.5 Å². The van der Waals surface area contributed by atoms with Crippen LogP contribution in [0.1, 0.15) is 28.5 Å². The van der Waals surface area contributed by atoms with Crippen molar-refractivity contribution in [2.24, 2.45) is 0 Å². The highest BCUT2D eigenvalue weighted by Crippen LogP contribution is 2.35. The Hall–Kier alpha value is -3.40. The van der Waals surface area contributed by atoms with Crippen molar-refractivity contribution in [3.05, 3.63) is 48.2 Å². The summed E-state index contributed by atoms with van der Waals surface area (Å²) in [4.78, 5) is 17.9. The quantitative estimate of drug-likeness (QED) is 0.528. The second-order valence-corrected chi connectivity index (χ2v) is 10.1. The third-order valence-corrected chi connectivity index (χ3v) is 7.47. The van der Waals surface area contributed by atoms with Gasteiger partial charge in [-0.1, -0.05) is 6.08 Å². The van der Waals surface area contributed by atoms with Crippen LogP contribution in [0.3, 0.4) is 0 Å². The molecule has 1 atom stereocenters. The zero-order valence-electron chi connectivity index (χ0n) is 18.8. The zero-order chi connectivity index (χ0) is 23.8. The minimum atomic E-state index is -3.13. The molecule has 3 heterocycles. The van der Waals surface area contributed by atoms with Gasteiger partial charge in [-0.15, -0.1) is 6.58 Å². The van der Waals surface area contributed by atoms with Crippen molar-refractivity contribution in [3.63, 3.8) is 0 Å². The van der Waals surface area contributed by atoms with Gasteiger partial charge in [-0.25, -0.2) is 18.1 Å². The minimum Gasteiger partial charge on any atom is -0.493 e. The molecule has 1 amide bonds. The Morgan fingerprint density at radius 2 is 2.03 bits per heavy atom. The number of nitrogens with zero attached hydrogens (tertiary/aromatic N) is 3. The second kappa shape index (κ2) is 8.86. The molecule has 33 heavy (non-hydrogen) atoms. The first kappa shape index (κ1) is 22.8. The van der Waals surface area contributed by atoms with Gasteiger partial charge in [0.15, 0.2) is 27.0 Å². The number of sulfone groups is 1. The molecule has 0 aliphatic carbocycles. The molecule has 1 saturated heterocycles. The van der Waals surface area contributed by atoms with Crippen LogP contribution in [0.4, 0.5) is 0 Å². The number of hydrogen-bond acceptors (Lipinski definition) is 7. The molecule has 0 spiro atoms. The third kappa shape index (κ3) is 4.30. The van der Waals surface area contributed by atoms with Crippen LogP contribution in [0.25, 0.3) is 22.3 Å². The van der Waals surface area contributed by atoms with Gasteiger partial charge in [0.25, 0.3) is 5.91 Å². The predicted molar refractivity (Wildman–Crippen MR) is 126 cm³/mol. The number of nitrogens with one attached hydrogen (secondary N) is 1. The van der Waals surface area contributed by atoms with Gasteiger partial charge in [0.1, 0.15) is 0 Å². The van der Waals surface area contributed by atoms with Gasteiger partial charge in [0.05, 0.1) is 54.1 Å². The lowest BCUT2D eigenvalue weighted by Gasteiger charge is -2.13. The topological polar surface area (TPSA) is 112 Å². The van der Waals surface area contributed by atoms with Crippen LogP contribution >= 0.6 is 0 Å². The average Bonchev–Trinajstić information content (AvgIpc) is 3.34. The number of carbonyl (C=O) groups is 1. The van der Waals surface area contributed by atoms with Crippen molar-refractivity contribution >= 4 is 26.8 Å². The maximum Gasteiger partial charge on any atom is 0.252 e. The van der Waals surface area contributed by atoms with E-state index < -0.39 is 9.84 Å². The number of benzene rings is 1. The number of fused-ring (bicyclic) bond motifs is 1. The number of rotatable bonds is 7. The molecule has 1 aliphatic rings. The summed E-state index contributed by atoms with van der Waals surface area (Å²) in [6.07, 6.45) is 2.06. The smallest absolute Gasteiger partial charge is 0.252 e. The lowest BCUT2D eigenvalue weighted by molar-refractivity contribution is 0.0959. The number of carbonyl (C=O) groups excluding carboxylic acids is 1. The Balaban J connectivity index is 1.93. The summed E-state index contributed by atoms with van der Waals surface area (Å²) in [7, 11) is -0.0264. The number of aromatic nitrogens is 3. The number of ether oxygens (including phenoxy) is 2. The highest BCUT2D eigenvalue weighted by atomic mass is 32.2. The Labute approximate surface area is 192 Å². The molecule has 2 aromatic heterocycles. The van der Waals surface area contributed by atoms with Crippen molar-refractivity contribution in [2.45, 2.75) is 19.4 Å². The summed E-state index contributed by atoms with van der Waals surface area (Å²) in [5, 5.41) is 8.02. The first-order chi connectivity index (χ1) is 15.8. The molecule has 0 saturated carbocycles. The summed E-state index contributed by atoms with van der Waals surface area (Å²) in [5.74, 6) is 0.930. The van der Waals surface area contributed by atoms with Gasteiger partial charge in [-0.05, 0) is 37.6 Å². The summed E-state index contributed by atoms with van der Waals surface area (Å²) >= 11 is 0. The summed E-state index contributed by atoms with van der Waals surface area (Å²) in [5.41, 5.74) is 2.76.